The lowest BCUT2D eigenvalue weighted by atomic mass is 10.2. The average molecular weight is 414 g/mol. The summed E-state index contributed by atoms with van der Waals surface area (Å²) in [6, 6.07) is 9.14. The van der Waals surface area contributed by atoms with Gasteiger partial charge in [-0.25, -0.2) is 5.43 Å². The lowest BCUT2D eigenvalue weighted by molar-refractivity contribution is 0.0955. The molecule has 0 spiro atoms. The van der Waals surface area contributed by atoms with Crippen molar-refractivity contribution in [2.75, 3.05) is 0 Å². The molecule has 0 bridgehead atoms. The minimum absolute atomic E-state index is 0.0285. The zero-order valence-corrected chi connectivity index (χ0v) is 13.7. The minimum Gasteiger partial charge on any atom is -0.508 e. The third-order valence-corrected chi connectivity index (χ3v) is 3.62. The highest BCUT2D eigenvalue weighted by Crippen LogP contribution is 2.30. The van der Waals surface area contributed by atoms with Crippen LogP contribution in [-0.2, 0) is 0 Å². The predicted octanol–water partition coefficient (Wildman–Crippen LogP) is 3.39. The van der Waals surface area contributed by atoms with Crippen LogP contribution in [0.25, 0.3) is 0 Å². The smallest absolute Gasteiger partial charge is 0.271 e. The van der Waals surface area contributed by atoms with Gasteiger partial charge in [-0.05, 0) is 52.3 Å². The summed E-state index contributed by atoms with van der Waals surface area (Å²) in [6.07, 6.45) is 1.34. The number of hydrogen-bond acceptors (Lipinski definition) is 4. The molecule has 2 aromatic rings. The molecule has 0 unspecified atom stereocenters. The van der Waals surface area contributed by atoms with Crippen molar-refractivity contribution in [2.45, 2.75) is 0 Å². The van der Waals surface area contributed by atoms with E-state index < -0.39 is 5.91 Å². The van der Waals surface area contributed by atoms with Crippen molar-refractivity contribution in [3.63, 3.8) is 0 Å². The van der Waals surface area contributed by atoms with Gasteiger partial charge in [-0.1, -0.05) is 15.9 Å². The van der Waals surface area contributed by atoms with E-state index in [-0.39, 0.29) is 11.5 Å². The Morgan fingerprint density at radius 1 is 1.14 bits per heavy atom. The number of phenolic OH excluding ortho intramolecular Hbond substituents is 2. The normalized spacial score (nSPS) is 10.8. The Labute approximate surface area is 137 Å². The van der Waals surface area contributed by atoms with Gasteiger partial charge in [0.15, 0.2) is 0 Å². The van der Waals surface area contributed by atoms with Crippen LogP contribution in [0.1, 0.15) is 15.9 Å². The summed E-state index contributed by atoms with van der Waals surface area (Å²) in [5.41, 5.74) is 3.15. The van der Waals surface area contributed by atoms with E-state index >= 15 is 0 Å². The van der Waals surface area contributed by atoms with Crippen molar-refractivity contribution >= 4 is 44.0 Å². The number of rotatable bonds is 3. The molecule has 7 heteroatoms. The maximum atomic E-state index is 11.8. The van der Waals surface area contributed by atoms with Crippen LogP contribution in [0.15, 0.2) is 50.4 Å². The Balaban J connectivity index is 2.09. The number of nitrogens with one attached hydrogen (secondary N) is 1. The second kappa shape index (κ2) is 6.73. The van der Waals surface area contributed by atoms with E-state index in [0.29, 0.717) is 15.6 Å². The van der Waals surface area contributed by atoms with E-state index in [2.05, 4.69) is 42.4 Å². The number of halogens is 2. The molecule has 0 aromatic heterocycles. The topological polar surface area (TPSA) is 81.9 Å². The third-order valence-electron chi connectivity index (χ3n) is 2.56. The Hall–Kier alpha value is -1.86. The summed E-state index contributed by atoms with van der Waals surface area (Å²) in [7, 11) is 0. The summed E-state index contributed by atoms with van der Waals surface area (Å²) < 4.78 is 1.28. The van der Waals surface area contributed by atoms with E-state index in [4.69, 9.17) is 5.11 Å². The zero-order valence-electron chi connectivity index (χ0n) is 10.5. The molecule has 2 rings (SSSR count). The first-order chi connectivity index (χ1) is 9.97. The first-order valence-electron chi connectivity index (χ1n) is 5.78. The monoisotopic (exact) mass is 412 g/mol. The number of nitrogens with zero attached hydrogens (tertiary/aromatic N) is 1. The fourth-order valence-corrected chi connectivity index (χ4v) is 2.78. The van der Waals surface area contributed by atoms with Crippen LogP contribution < -0.4 is 5.43 Å². The van der Waals surface area contributed by atoms with Gasteiger partial charge in [0.25, 0.3) is 5.91 Å². The van der Waals surface area contributed by atoms with E-state index in [1.165, 1.54) is 30.5 Å². The van der Waals surface area contributed by atoms with E-state index in [0.717, 1.165) is 4.47 Å². The fraction of sp³-hybridized carbons (Fsp3) is 0. The maximum absolute atomic E-state index is 11.8. The van der Waals surface area contributed by atoms with Crippen LogP contribution in [0.3, 0.4) is 0 Å². The van der Waals surface area contributed by atoms with Crippen LogP contribution >= 0.6 is 31.9 Å². The first kappa shape index (κ1) is 15.5. The van der Waals surface area contributed by atoms with Crippen molar-refractivity contribution in [1.82, 2.24) is 5.43 Å². The summed E-state index contributed by atoms with van der Waals surface area (Å²) in [5.74, 6) is -0.306. The van der Waals surface area contributed by atoms with Gasteiger partial charge in [-0.15, -0.1) is 0 Å². The van der Waals surface area contributed by atoms with E-state index in [1.807, 2.05) is 0 Å². The number of amides is 1. The standard InChI is InChI=1S/C14H10Br2N2O3/c15-10-5-9(13(20)12(16)6-10)7-17-18-14(21)8-1-3-11(19)4-2-8/h1-7,19-20H,(H,18,21)/b17-7-. The molecular weight excluding hydrogens is 404 g/mol. The highest BCUT2D eigenvalue weighted by atomic mass is 79.9. The van der Waals surface area contributed by atoms with Crippen molar-refractivity contribution in [3.05, 3.63) is 56.5 Å². The largest absolute Gasteiger partial charge is 0.508 e. The molecule has 0 atom stereocenters. The molecule has 3 N–H and O–H groups in total. The average Bonchev–Trinajstić information content (AvgIpc) is 2.44. The van der Waals surface area contributed by atoms with Crippen LogP contribution in [-0.4, -0.2) is 22.3 Å². The van der Waals surface area contributed by atoms with Crippen LogP contribution in [0.2, 0.25) is 0 Å². The van der Waals surface area contributed by atoms with Crippen molar-refractivity contribution < 1.29 is 15.0 Å². The van der Waals surface area contributed by atoms with Crippen molar-refractivity contribution in [1.29, 1.82) is 0 Å². The number of hydrazone groups is 1. The molecule has 21 heavy (non-hydrogen) atoms. The first-order valence-corrected chi connectivity index (χ1v) is 7.36. The second-order valence-corrected chi connectivity index (χ2v) is 5.84. The Bertz CT molecular complexity index is 700. The molecule has 0 heterocycles. The molecule has 2 aromatic carbocycles. The SMILES string of the molecule is O=C(N/N=C\c1cc(Br)cc(Br)c1O)c1ccc(O)cc1. The molecule has 0 aliphatic heterocycles. The van der Waals surface area contributed by atoms with Gasteiger partial charge in [0.2, 0.25) is 0 Å². The molecule has 0 aliphatic rings. The van der Waals surface area contributed by atoms with Gasteiger partial charge in [0.05, 0.1) is 10.7 Å². The van der Waals surface area contributed by atoms with E-state index in [1.54, 1.807) is 12.1 Å². The van der Waals surface area contributed by atoms with Gasteiger partial charge >= 0.3 is 0 Å². The Morgan fingerprint density at radius 2 is 1.81 bits per heavy atom. The molecule has 0 saturated heterocycles. The van der Waals surface area contributed by atoms with Crippen molar-refractivity contribution in [2.24, 2.45) is 5.10 Å². The van der Waals surface area contributed by atoms with Gasteiger partial charge in [-0.3, -0.25) is 4.79 Å². The Kier molecular flexibility index (Phi) is 4.98. The van der Waals surface area contributed by atoms with Gasteiger partial charge in [0.1, 0.15) is 11.5 Å². The summed E-state index contributed by atoms with van der Waals surface area (Å²) in [6.45, 7) is 0. The molecule has 0 aliphatic carbocycles. The Morgan fingerprint density at radius 3 is 2.48 bits per heavy atom. The van der Waals surface area contributed by atoms with Gasteiger partial charge in [-0.2, -0.15) is 5.10 Å². The molecule has 0 radical (unpaired) electrons. The number of aromatic hydroxyl groups is 2. The molecular formula is C14H10Br2N2O3. The lowest BCUT2D eigenvalue weighted by Crippen LogP contribution is -2.17. The number of carbonyl (C=O) groups is 1. The number of carbonyl (C=O) groups excluding carboxylic acids is 1. The highest BCUT2D eigenvalue weighted by Gasteiger charge is 2.06. The molecule has 0 fully saturated rings. The van der Waals surface area contributed by atoms with Gasteiger partial charge in [0, 0.05) is 15.6 Å². The number of hydrogen-bond donors (Lipinski definition) is 3. The summed E-state index contributed by atoms with van der Waals surface area (Å²) in [4.78, 5) is 11.8. The molecule has 108 valence electrons. The van der Waals surface area contributed by atoms with Crippen molar-refractivity contribution in [3.8, 4) is 11.5 Å². The maximum Gasteiger partial charge on any atom is 0.271 e. The predicted molar refractivity (Wildman–Crippen MR) is 86.7 cm³/mol. The van der Waals surface area contributed by atoms with Crippen LogP contribution in [0, 0.1) is 0 Å². The number of benzene rings is 2. The van der Waals surface area contributed by atoms with E-state index in [9.17, 15) is 9.90 Å². The molecule has 5 nitrogen and oxygen atoms in total. The fourth-order valence-electron chi connectivity index (χ4n) is 1.52. The number of phenols is 2. The zero-order chi connectivity index (χ0) is 15.4. The summed E-state index contributed by atoms with van der Waals surface area (Å²) in [5, 5.41) is 22.8. The minimum atomic E-state index is -0.417. The third kappa shape index (κ3) is 4.05. The second-order valence-electron chi connectivity index (χ2n) is 4.07. The van der Waals surface area contributed by atoms with Crippen LogP contribution in [0.5, 0.6) is 11.5 Å². The molecule has 0 saturated carbocycles. The quantitative estimate of drug-likeness (QED) is 0.532. The molecule has 1 amide bonds. The highest BCUT2D eigenvalue weighted by molar-refractivity contribution is 9.11. The lowest BCUT2D eigenvalue weighted by Gasteiger charge is -2.03. The summed E-state index contributed by atoms with van der Waals surface area (Å²) >= 11 is 6.51. The van der Waals surface area contributed by atoms with Crippen LogP contribution in [0.4, 0.5) is 0 Å². The van der Waals surface area contributed by atoms with Gasteiger partial charge < -0.3 is 10.2 Å².